The minimum atomic E-state index is -0.436. The molecule has 0 saturated heterocycles. The Bertz CT molecular complexity index is 1650. The third kappa shape index (κ3) is 6.18. The molecule has 2 fully saturated rings. The molecule has 45 heavy (non-hydrogen) atoms. The van der Waals surface area contributed by atoms with Crippen LogP contribution < -0.4 is 10.6 Å². The normalized spacial score (nSPS) is 24.0. The fraction of sp³-hybridized carbons (Fsp3) is 0.485. The lowest BCUT2D eigenvalue weighted by Gasteiger charge is -2.38. The van der Waals surface area contributed by atoms with Crippen LogP contribution >= 0.6 is 0 Å². The van der Waals surface area contributed by atoms with Crippen LogP contribution in [0, 0.1) is 23.7 Å². The summed E-state index contributed by atoms with van der Waals surface area (Å²) in [6.07, 6.45) is 6.96. The number of hydrogen-bond acceptors (Lipinski definition) is 8. The lowest BCUT2D eigenvalue weighted by Crippen LogP contribution is -2.44. The second kappa shape index (κ2) is 12.8. The number of nitrogens with one attached hydrogen (secondary N) is 2. The molecule has 3 unspecified atom stereocenters. The highest BCUT2D eigenvalue weighted by atomic mass is 16.5. The lowest BCUT2D eigenvalue weighted by molar-refractivity contribution is -0.152. The quantitative estimate of drug-likeness (QED) is 0.291. The van der Waals surface area contributed by atoms with Gasteiger partial charge in [-0.05, 0) is 66.5 Å². The first-order valence-corrected chi connectivity index (χ1v) is 15.7. The van der Waals surface area contributed by atoms with Crippen molar-refractivity contribution in [3.63, 3.8) is 0 Å². The Morgan fingerprint density at radius 2 is 1.89 bits per heavy atom. The van der Waals surface area contributed by atoms with Crippen LogP contribution in [0.1, 0.15) is 77.2 Å². The van der Waals surface area contributed by atoms with Gasteiger partial charge in [-0.15, -0.1) is 0 Å². The zero-order valence-corrected chi connectivity index (χ0v) is 25.7. The van der Waals surface area contributed by atoms with Gasteiger partial charge in [-0.1, -0.05) is 37.8 Å². The first-order chi connectivity index (χ1) is 21.7. The molecule has 2 aromatic heterocycles. The van der Waals surface area contributed by atoms with E-state index in [0.717, 1.165) is 43.2 Å². The molecule has 3 aliphatic rings. The van der Waals surface area contributed by atoms with Gasteiger partial charge >= 0.3 is 5.97 Å². The number of esters is 1. The minimum Gasteiger partial charge on any atom is -0.461 e. The minimum absolute atomic E-state index is 0.0466. The largest absolute Gasteiger partial charge is 0.461 e. The highest BCUT2D eigenvalue weighted by Crippen LogP contribution is 2.48. The summed E-state index contributed by atoms with van der Waals surface area (Å²) in [4.78, 5) is 61.7. The summed E-state index contributed by atoms with van der Waals surface area (Å²) in [6, 6.07) is 7.44. The van der Waals surface area contributed by atoms with Crippen LogP contribution in [-0.4, -0.2) is 67.4 Å². The van der Waals surface area contributed by atoms with Crippen molar-refractivity contribution in [1.82, 2.24) is 35.1 Å². The van der Waals surface area contributed by atoms with Crippen LogP contribution in [0.25, 0.3) is 5.78 Å². The molecular weight excluding hydrogens is 574 g/mol. The molecule has 2 aliphatic carbocycles. The number of carbonyl (C=O) groups excluding carboxylic acids is 4. The molecule has 12 nitrogen and oxygen atoms in total. The SMILES string of the molecule is C=CCOC(=O)[C@H]1CCC2C(CC[C@@H]2NC(=O)c2cc(C(=O)NCc3ccc4c(c3)CN(C(C)=O)CC4)nc3ncnn23)C1C. The molecule has 3 heterocycles. The number of amides is 3. The van der Waals surface area contributed by atoms with Crippen LogP contribution in [0.15, 0.2) is 43.2 Å². The van der Waals surface area contributed by atoms with Gasteiger partial charge in [0.05, 0.1) is 5.92 Å². The molecule has 236 valence electrons. The molecule has 0 spiro atoms. The first-order valence-electron chi connectivity index (χ1n) is 15.7. The van der Waals surface area contributed by atoms with Gasteiger partial charge in [-0.25, -0.2) is 4.98 Å². The molecule has 12 heteroatoms. The average Bonchev–Trinajstić information content (AvgIpc) is 3.69. The molecule has 2 N–H and O–H groups in total. The van der Waals surface area contributed by atoms with Gasteiger partial charge in [-0.3, -0.25) is 19.2 Å². The van der Waals surface area contributed by atoms with E-state index in [2.05, 4.69) is 39.2 Å². The van der Waals surface area contributed by atoms with Gasteiger partial charge in [0.15, 0.2) is 0 Å². The zero-order chi connectivity index (χ0) is 31.7. The first kappa shape index (κ1) is 30.4. The number of ether oxygens (including phenoxy) is 1. The molecule has 6 rings (SSSR count). The molecule has 0 radical (unpaired) electrons. The van der Waals surface area contributed by atoms with Gasteiger partial charge in [0.25, 0.3) is 17.6 Å². The Morgan fingerprint density at radius 3 is 2.69 bits per heavy atom. The van der Waals surface area contributed by atoms with E-state index in [9.17, 15) is 19.2 Å². The smallest absolute Gasteiger partial charge is 0.309 e. The molecule has 1 aliphatic heterocycles. The third-order valence-corrected chi connectivity index (χ3v) is 9.86. The molecule has 0 bridgehead atoms. The van der Waals surface area contributed by atoms with E-state index < -0.39 is 5.91 Å². The number of nitrogens with zero attached hydrogens (tertiary/aromatic N) is 5. The maximum atomic E-state index is 13.7. The van der Waals surface area contributed by atoms with E-state index in [1.54, 1.807) is 13.0 Å². The molecular formula is C33H39N7O5. The number of benzene rings is 1. The maximum Gasteiger partial charge on any atom is 0.309 e. The van der Waals surface area contributed by atoms with Crippen molar-refractivity contribution < 1.29 is 23.9 Å². The number of rotatable bonds is 8. The van der Waals surface area contributed by atoms with E-state index in [1.165, 1.54) is 22.5 Å². The Labute approximate surface area is 261 Å². The summed E-state index contributed by atoms with van der Waals surface area (Å²) in [6.45, 7) is 9.05. The van der Waals surface area contributed by atoms with Gasteiger partial charge in [-0.2, -0.15) is 14.6 Å². The fourth-order valence-corrected chi connectivity index (χ4v) is 7.45. The predicted molar refractivity (Wildman–Crippen MR) is 164 cm³/mol. The van der Waals surface area contributed by atoms with Crippen molar-refractivity contribution in [2.75, 3.05) is 13.2 Å². The van der Waals surface area contributed by atoms with Gasteiger partial charge < -0.3 is 20.3 Å². The van der Waals surface area contributed by atoms with Crippen molar-refractivity contribution in [2.24, 2.45) is 23.7 Å². The number of carbonyl (C=O) groups is 4. The summed E-state index contributed by atoms with van der Waals surface area (Å²) in [5.41, 5.74) is 3.44. The van der Waals surface area contributed by atoms with Crippen LogP contribution in [0.4, 0.5) is 0 Å². The maximum absolute atomic E-state index is 13.7. The molecule has 3 aromatic rings. The second-order valence-corrected chi connectivity index (χ2v) is 12.4. The average molecular weight is 614 g/mol. The van der Waals surface area contributed by atoms with Crippen molar-refractivity contribution in [1.29, 1.82) is 0 Å². The van der Waals surface area contributed by atoms with Crippen molar-refractivity contribution in [2.45, 2.75) is 65.1 Å². The van der Waals surface area contributed by atoms with Crippen LogP contribution in [-0.2, 0) is 33.8 Å². The lowest BCUT2D eigenvalue weighted by atomic mass is 9.68. The second-order valence-electron chi connectivity index (χ2n) is 12.4. The van der Waals surface area contributed by atoms with Crippen molar-refractivity contribution >= 4 is 29.5 Å². The zero-order valence-electron chi connectivity index (χ0n) is 25.7. The number of aromatic nitrogens is 4. The van der Waals surface area contributed by atoms with Crippen LogP contribution in [0.5, 0.6) is 0 Å². The van der Waals surface area contributed by atoms with Crippen molar-refractivity contribution in [3.8, 4) is 0 Å². The molecule has 2 saturated carbocycles. The summed E-state index contributed by atoms with van der Waals surface area (Å²) >= 11 is 0. The highest BCUT2D eigenvalue weighted by Gasteiger charge is 2.47. The number of fused-ring (bicyclic) bond motifs is 3. The standard InChI is InChI=1S/C33H39N7O5/c1-4-13-45-32(44)25-7-8-26-24(19(25)2)9-10-27(26)37-31(43)29-15-28(38-33-35-18-36-40(29)33)30(42)34-16-21-5-6-22-11-12-39(20(3)41)17-23(22)14-21/h4-6,14-15,18-19,24-27H,1,7-13,16-17H2,2-3H3,(H,34,42)(H,37,43)/t19?,24?,25-,26?,27-/m0/s1. The molecule has 3 amide bonds. The summed E-state index contributed by atoms with van der Waals surface area (Å²) in [5.74, 6) is -0.181. The highest BCUT2D eigenvalue weighted by molar-refractivity contribution is 5.98. The van der Waals surface area contributed by atoms with E-state index in [1.807, 2.05) is 23.1 Å². The van der Waals surface area contributed by atoms with Crippen molar-refractivity contribution in [3.05, 3.63) is 71.3 Å². The van der Waals surface area contributed by atoms with Crippen LogP contribution in [0.3, 0.4) is 0 Å². The topological polar surface area (TPSA) is 148 Å². The van der Waals surface area contributed by atoms with E-state index in [4.69, 9.17) is 4.74 Å². The predicted octanol–water partition coefficient (Wildman–Crippen LogP) is 2.86. The molecule has 1 aromatic carbocycles. The van der Waals surface area contributed by atoms with E-state index in [0.29, 0.717) is 19.0 Å². The third-order valence-electron chi connectivity index (χ3n) is 9.86. The monoisotopic (exact) mass is 613 g/mol. The fourth-order valence-electron chi connectivity index (χ4n) is 7.45. The van der Waals surface area contributed by atoms with Gasteiger partial charge in [0.1, 0.15) is 24.3 Å². The Balaban J connectivity index is 1.12. The summed E-state index contributed by atoms with van der Waals surface area (Å²) in [5, 5.41) is 10.3. The summed E-state index contributed by atoms with van der Waals surface area (Å²) < 4.78 is 6.69. The van der Waals surface area contributed by atoms with Gasteiger partial charge in [0, 0.05) is 38.7 Å². The van der Waals surface area contributed by atoms with Crippen LogP contribution in [0.2, 0.25) is 0 Å². The Kier molecular flexibility index (Phi) is 8.64. The number of hydrogen-bond donors (Lipinski definition) is 2. The van der Waals surface area contributed by atoms with Gasteiger partial charge in [0.2, 0.25) is 5.91 Å². The van der Waals surface area contributed by atoms with E-state index in [-0.39, 0.29) is 71.9 Å². The molecule has 5 atom stereocenters. The van der Waals surface area contributed by atoms with E-state index >= 15 is 0 Å². The summed E-state index contributed by atoms with van der Waals surface area (Å²) in [7, 11) is 0. The Hall–Kier alpha value is -4.61. The Morgan fingerprint density at radius 1 is 1.07 bits per heavy atom.